The van der Waals surface area contributed by atoms with Crippen molar-refractivity contribution in [3.63, 3.8) is 0 Å². The second-order valence-corrected chi connectivity index (χ2v) is 5.82. The van der Waals surface area contributed by atoms with E-state index < -0.39 is 0 Å². The quantitative estimate of drug-likeness (QED) is 0.912. The van der Waals surface area contributed by atoms with Gasteiger partial charge in [0.1, 0.15) is 0 Å². The number of hydrogen-bond acceptors (Lipinski definition) is 2. The lowest BCUT2D eigenvalue weighted by molar-refractivity contribution is 0.0392. The maximum atomic E-state index is 5.65. The second kappa shape index (κ2) is 6.69. The Hall–Kier alpha value is -0.380. The molecular weight excluding hydrogens is 290 g/mol. The third-order valence-corrected chi connectivity index (χ3v) is 4.59. The minimum absolute atomic E-state index is 0.410. The molecule has 1 fully saturated rings. The topological polar surface area (TPSA) is 21.3 Å². The lowest BCUT2D eigenvalue weighted by Crippen LogP contribution is -2.33. The molecular formula is C15H22BrNO. The van der Waals surface area contributed by atoms with Crippen molar-refractivity contribution in [2.75, 3.05) is 19.8 Å². The van der Waals surface area contributed by atoms with Crippen molar-refractivity contribution in [1.82, 2.24) is 5.32 Å². The van der Waals surface area contributed by atoms with Crippen LogP contribution in [0.2, 0.25) is 0 Å². The fourth-order valence-corrected chi connectivity index (χ4v) is 3.12. The summed E-state index contributed by atoms with van der Waals surface area (Å²) in [7, 11) is 0. The molecule has 0 saturated carbocycles. The van der Waals surface area contributed by atoms with E-state index in [1.807, 2.05) is 0 Å². The monoisotopic (exact) mass is 311 g/mol. The number of benzene rings is 1. The Labute approximate surface area is 118 Å². The first-order chi connectivity index (χ1) is 8.74. The van der Waals surface area contributed by atoms with Gasteiger partial charge in [0.15, 0.2) is 0 Å². The molecule has 0 aromatic heterocycles. The molecule has 1 aromatic carbocycles. The Morgan fingerprint density at radius 1 is 1.50 bits per heavy atom. The van der Waals surface area contributed by atoms with Crippen LogP contribution in [0.25, 0.3) is 0 Å². The lowest BCUT2D eigenvalue weighted by Gasteiger charge is -2.32. The van der Waals surface area contributed by atoms with Crippen LogP contribution in [0, 0.1) is 12.8 Å². The van der Waals surface area contributed by atoms with Gasteiger partial charge in [-0.15, -0.1) is 0 Å². The molecule has 2 nitrogen and oxygen atoms in total. The summed E-state index contributed by atoms with van der Waals surface area (Å²) < 4.78 is 6.84. The first-order valence-corrected chi connectivity index (χ1v) is 7.59. The van der Waals surface area contributed by atoms with Crippen LogP contribution in [0.3, 0.4) is 0 Å². The van der Waals surface area contributed by atoms with Crippen molar-refractivity contribution >= 4 is 15.9 Å². The molecule has 1 aromatic rings. The summed E-state index contributed by atoms with van der Waals surface area (Å²) in [5, 5.41) is 3.64. The molecule has 2 atom stereocenters. The number of halogens is 1. The van der Waals surface area contributed by atoms with Gasteiger partial charge in [0.05, 0.1) is 6.61 Å². The summed E-state index contributed by atoms with van der Waals surface area (Å²) in [5.74, 6) is 0.590. The van der Waals surface area contributed by atoms with Gasteiger partial charge >= 0.3 is 0 Å². The zero-order chi connectivity index (χ0) is 13.0. The van der Waals surface area contributed by atoms with E-state index in [9.17, 15) is 0 Å². The zero-order valence-corrected chi connectivity index (χ0v) is 12.8. The van der Waals surface area contributed by atoms with Gasteiger partial charge in [-0.05, 0) is 43.5 Å². The van der Waals surface area contributed by atoms with Crippen LogP contribution in [0.4, 0.5) is 0 Å². The summed E-state index contributed by atoms with van der Waals surface area (Å²) >= 11 is 3.63. The minimum Gasteiger partial charge on any atom is -0.381 e. The van der Waals surface area contributed by atoms with Gasteiger partial charge in [0.25, 0.3) is 0 Å². The first-order valence-electron chi connectivity index (χ1n) is 6.80. The third kappa shape index (κ3) is 3.14. The largest absolute Gasteiger partial charge is 0.381 e. The Morgan fingerprint density at radius 2 is 2.33 bits per heavy atom. The average Bonchev–Trinajstić information content (AvgIpc) is 2.41. The van der Waals surface area contributed by atoms with Gasteiger partial charge in [-0.1, -0.05) is 35.0 Å². The van der Waals surface area contributed by atoms with Crippen molar-refractivity contribution in [2.45, 2.75) is 32.7 Å². The maximum Gasteiger partial charge on any atom is 0.0512 e. The van der Waals surface area contributed by atoms with E-state index in [-0.39, 0.29) is 0 Å². The number of hydrogen-bond donors (Lipinski definition) is 1. The molecule has 0 spiro atoms. The number of rotatable bonds is 4. The standard InChI is InChI=1S/C15H22BrNO/c1-3-17-15(12-6-5-9-18-10-12)13-7-4-8-14(16)11(13)2/h4,7-8,12,15,17H,3,5-6,9-10H2,1-2H3. The SMILES string of the molecule is CCNC(c1cccc(Br)c1C)C1CCCOC1. The summed E-state index contributed by atoms with van der Waals surface area (Å²) in [6.45, 7) is 7.15. The minimum atomic E-state index is 0.410. The molecule has 1 aliphatic heterocycles. The first kappa shape index (κ1) is 14.0. The van der Waals surface area contributed by atoms with Crippen molar-refractivity contribution in [3.05, 3.63) is 33.8 Å². The van der Waals surface area contributed by atoms with Crippen LogP contribution in [-0.2, 0) is 4.74 Å². The third-order valence-electron chi connectivity index (χ3n) is 3.74. The van der Waals surface area contributed by atoms with E-state index in [0.717, 1.165) is 19.8 Å². The molecule has 18 heavy (non-hydrogen) atoms. The molecule has 2 rings (SSSR count). The molecule has 1 aliphatic rings. The molecule has 3 heteroatoms. The highest BCUT2D eigenvalue weighted by atomic mass is 79.9. The Kier molecular flexibility index (Phi) is 5.22. The molecule has 100 valence electrons. The van der Waals surface area contributed by atoms with Crippen LogP contribution in [0.1, 0.15) is 36.9 Å². The average molecular weight is 312 g/mol. The fourth-order valence-electron chi connectivity index (χ4n) is 2.74. The highest BCUT2D eigenvalue weighted by Crippen LogP contribution is 2.32. The van der Waals surface area contributed by atoms with Gasteiger partial charge in [0.2, 0.25) is 0 Å². The van der Waals surface area contributed by atoms with Gasteiger partial charge in [-0.2, -0.15) is 0 Å². The van der Waals surface area contributed by atoms with Crippen molar-refractivity contribution < 1.29 is 4.74 Å². The molecule has 0 aliphatic carbocycles. The summed E-state index contributed by atoms with van der Waals surface area (Å²) in [6, 6.07) is 6.88. The van der Waals surface area contributed by atoms with E-state index in [2.05, 4.69) is 53.3 Å². The fraction of sp³-hybridized carbons (Fsp3) is 0.600. The Morgan fingerprint density at radius 3 is 3.00 bits per heavy atom. The predicted molar refractivity (Wildman–Crippen MR) is 78.8 cm³/mol. The van der Waals surface area contributed by atoms with E-state index in [1.54, 1.807) is 0 Å². The molecule has 0 bridgehead atoms. The van der Waals surface area contributed by atoms with E-state index >= 15 is 0 Å². The van der Waals surface area contributed by atoms with Gasteiger partial charge in [-0.25, -0.2) is 0 Å². The van der Waals surface area contributed by atoms with Crippen LogP contribution in [-0.4, -0.2) is 19.8 Å². The maximum absolute atomic E-state index is 5.65. The summed E-state index contributed by atoms with van der Waals surface area (Å²) in [4.78, 5) is 0. The Bertz CT molecular complexity index is 388. The van der Waals surface area contributed by atoms with Crippen LogP contribution in [0.15, 0.2) is 22.7 Å². The highest BCUT2D eigenvalue weighted by molar-refractivity contribution is 9.10. The van der Waals surface area contributed by atoms with E-state index in [4.69, 9.17) is 4.74 Å². The molecule has 0 radical (unpaired) electrons. The number of nitrogens with one attached hydrogen (secondary N) is 1. The van der Waals surface area contributed by atoms with E-state index in [1.165, 1.54) is 28.4 Å². The van der Waals surface area contributed by atoms with Crippen LogP contribution in [0.5, 0.6) is 0 Å². The smallest absolute Gasteiger partial charge is 0.0512 e. The molecule has 1 N–H and O–H groups in total. The Balaban J connectivity index is 2.25. The molecule has 0 amide bonds. The zero-order valence-electron chi connectivity index (χ0n) is 11.2. The molecule has 1 heterocycles. The van der Waals surface area contributed by atoms with Crippen molar-refractivity contribution in [2.24, 2.45) is 5.92 Å². The molecule has 1 saturated heterocycles. The van der Waals surface area contributed by atoms with Gasteiger partial charge < -0.3 is 10.1 Å². The predicted octanol–water partition coefficient (Wildman–Crippen LogP) is 3.83. The van der Waals surface area contributed by atoms with E-state index in [0.29, 0.717) is 12.0 Å². The molecule has 2 unspecified atom stereocenters. The number of ether oxygens (including phenoxy) is 1. The van der Waals surface area contributed by atoms with Crippen molar-refractivity contribution in [3.8, 4) is 0 Å². The van der Waals surface area contributed by atoms with Crippen LogP contribution >= 0.6 is 15.9 Å². The van der Waals surface area contributed by atoms with Crippen molar-refractivity contribution in [1.29, 1.82) is 0 Å². The summed E-state index contributed by atoms with van der Waals surface area (Å²) in [6.07, 6.45) is 2.43. The second-order valence-electron chi connectivity index (χ2n) is 4.97. The normalized spacial score (nSPS) is 21.8. The van der Waals surface area contributed by atoms with Gasteiger partial charge in [0, 0.05) is 23.0 Å². The lowest BCUT2D eigenvalue weighted by atomic mass is 9.87. The summed E-state index contributed by atoms with van der Waals surface area (Å²) in [5.41, 5.74) is 2.75. The van der Waals surface area contributed by atoms with Gasteiger partial charge in [-0.3, -0.25) is 0 Å². The highest BCUT2D eigenvalue weighted by Gasteiger charge is 2.26. The van der Waals surface area contributed by atoms with Crippen LogP contribution < -0.4 is 5.32 Å².